The number of anilines is 2. The molecule has 8 nitrogen and oxygen atoms in total. The third kappa shape index (κ3) is 2.09. The number of carbonyl (C=O) groups excluding carboxylic acids is 1. The molecule has 0 spiro atoms. The molecule has 2 heterocycles. The van der Waals surface area contributed by atoms with Gasteiger partial charge < -0.3 is 21.3 Å². The highest BCUT2D eigenvalue weighted by Gasteiger charge is 2.20. The van der Waals surface area contributed by atoms with E-state index in [-0.39, 0.29) is 22.7 Å². The van der Waals surface area contributed by atoms with E-state index < -0.39 is 5.91 Å². The van der Waals surface area contributed by atoms with E-state index >= 15 is 0 Å². The number of thiophene rings is 1. The minimum Gasteiger partial charge on any atom is -0.396 e. The van der Waals surface area contributed by atoms with Crippen LogP contribution in [0.15, 0.2) is 10.9 Å². The number of hydrogen-bond donors (Lipinski definition) is 3. The molecule has 0 aliphatic rings. The average molecular weight is 264 g/mol. The molecule has 5 N–H and O–H groups in total. The molecule has 2 aromatic rings. The molecule has 0 saturated carbocycles. The summed E-state index contributed by atoms with van der Waals surface area (Å²) in [6, 6.07) is 1.90. The van der Waals surface area contributed by atoms with Gasteiger partial charge >= 0.3 is 0 Å². The Morgan fingerprint density at radius 3 is 3.00 bits per heavy atom. The summed E-state index contributed by atoms with van der Waals surface area (Å²) in [5.41, 5.74) is 11.1. The standard InChI is InChI=1S/C9H8N6O2S/c10-1-4-7(11)6(8(12)16)9(18-4)13-2-5-14-3-17-15-5/h3,13H,2,11H2,(H2,12,16). The first-order valence-electron chi connectivity index (χ1n) is 4.74. The van der Waals surface area contributed by atoms with Crippen molar-refractivity contribution in [2.45, 2.75) is 6.54 Å². The van der Waals surface area contributed by atoms with Crippen molar-refractivity contribution in [3.05, 3.63) is 22.7 Å². The molecule has 0 bridgehead atoms. The van der Waals surface area contributed by atoms with E-state index in [1.54, 1.807) is 0 Å². The first-order chi connectivity index (χ1) is 8.63. The number of amides is 1. The van der Waals surface area contributed by atoms with Crippen molar-refractivity contribution in [2.24, 2.45) is 5.73 Å². The molecule has 0 aromatic carbocycles. The number of nitrogens with one attached hydrogen (secondary N) is 1. The van der Waals surface area contributed by atoms with Crippen LogP contribution in [0.3, 0.4) is 0 Å². The van der Waals surface area contributed by atoms with Crippen LogP contribution >= 0.6 is 11.3 Å². The molecule has 0 atom stereocenters. The summed E-state index contributed by atoms with van der Waals surface area (Å²) in [5.74, 6) is -0.281. The van der Waals surface area contributed by atoms with Crippen molar-refractivity contribution in [1.82, 2.24) is 10.1 Å². The van der Waals surface area contributed by atoms with E-state index in [4.69, 9.17) is 16.7 Å². The number of hydrogen-bond acceptors (Lipinski definition) is 8. The molecular formula is C9H8N6O2S. The van der Waals surface area contributed by atoms with Gasteiger partial charge in [0.1, 0.15) is 15.9 Å². The number of rotatable bonds is 4. The van der Waals surface area contributed by atoms with Crippen molar-refractivity contribution >= 4 is 27.9 Å². The largest absolute Gasteiger partial charge is 0.396 e. The van der Waals surface area contributed by atoms with E-state index in [9.17, 15) is 4.79 Å². The third-order valence-electron chi connectivity index (χ3n) is 2.11. The Morgan fingerprint density at radius 2 is 2.44 bits per heavy atom. The Balaban J connectivity index is 2.27. The van der Waals surface area contributed by atoms with Crippen molar-refractivity contribution < 1.29 is 9.32 Å². The lowest BCUT2D eigenvalue weighted by Crippen LogP contribution is -2.14. The van der Waals surface area contributed by atoms with E-state index in [0.29, 0.717) is 10.8 Å². The van der Waals surface area contributed by atoms with Crippen LogP contribution in [0.25, 0.3) is 0 Å². The van der Waals surface area contributed by atoms with Gasteiger partial charge in [0, 0.05) is 0 Å². The Bertz CT molecular complexity index is 612. The fraction of sp³-hybridized carbons (Fsp3) is 0.111. The zero-order valence-electron chi connectivity index (χ0n) is 9.01. The third-order valence-corrected chi connectivity index (χ3v) is 3.18. The zero-order chi connectivity index (χ0) is 13.1. The average Bonchev–Trinajstić information content (AvgIpc) is 2.93. The van der Waals surface area contributed by atoms with Crippen molar-refractivity contribution in [3.8, 4) is 6.07 Å². The molecule has 18 heavy (non-hydrogen) atoms. The van der Waals surface area contributed by atoms with E-state index in [1.165, 1.54) is 6.39 Å². The second-order valence-corrected chi connectivity index (χ2v) is 4.25. The molecule has 92 valence electrons. The van der Waals surface area contributed by atoms with Crippen LogP contribution in [-0.2, 0) is 6.54 Å². The van der Waals surface area contributed by atoms with E-state index in [0.717, 1.165) is 11.3 Å². The maximum absolute atomic E-state index is 11.3. The first-order valence-corrected chi connectivity index (χ1v) is 5.56. The number of nitriles is 1. The predicted molar refractivity (Wildman–Crippen MR) is 63.6 cm³/mol. The maximum Gasteiger partial charge on any atom is 0.253 e. The molecule has 2 aromatic heterocycles. The van der Waals surface area contributed by atoms with Crippen molar-refractivity contribution in [3.63, 3.8) is 0 Å². The van der Waals surface area contributed by atoms with E-state index in [1.807, 2.05) is 6.07 Å². The molecule has 2 rings (SSSR count). The van der Waals surface area contributed by atoms with Crippen LogP contribution in [0.2, 0.25) is 0 Å². The van der Waals surface area contributed by atoms with E-state index in [2.05, 4.69) is 20.0 Å². The Morgan fingerprint density at radius 1 is 1.67 bits per heavy atom. The molecule has 1 amide bonds. The topological polar surface area (TPSA) is 144 Å². The second-order valence-electron chi connectivity index (χ2n) is 3.23. The number of nitrogen functional groups attached to an aromatic ring is 1. The van der Waals surface area contributed by atoms with Gasteiger partial charge in [0.05, 0.1) is 17.8 Å². The van der Waals surface area contributed by atoms with Gasteiger partial charge in [-0.15, -0.1) is 11.3 Å². The smallest absolute Gasteiger partial charge is 0.253 e. The molecule has 0 aliphatic carbocycles. The summed E-state index contributed by atoms with van der Waals surface area (Å²) in [4.78, 5) is 15.3. The number of nitrogens with zero attached hydrogens (tertiary/aromatic N) is 3. The highest BCUT2D eigenvalue weighted by Crippen LogP contribution is 2.34. The highest BCUT2D eigenvalue weighted by molar-refractivity contribution is 7.17. The minimum absolute atomic E-state index is 0.0885. The van der Waals surface area contributed by atoms with Crippen LogP contribution in [-0.4, -0.2) is 16.0 Å². The van der Waals surface area contributed by atoms with Crippen LogP contribution in [0.4, 0.5) is 10.7 Å². The Kier molecular flexibility index (Phi) is 3.11. The minimum atomic E-state index is -0.694. The number of primary amides is 1. The van der Waals surface area contributed by atoms with Crippen LogP contribution in [0.5, 0.6) is 0 Å². The molecule has 0 saturated heterocycles. The van der Waals surface area contributed by atoms with Gasteiger partial charge in [-0.05, 0) is 0 Å². The molecule has 0 unspecified atom stereocenters. The monoisotopic (exact) mass is 264 g/mol. The molecule has 0 fully saturated rings. The molecule has 0 aliphatic heterocycles. The number of nitrogens with two attached hydrogens (primary N) is 2. The van der Waals surface area contributed by atoms with Gasteiger partial charge in [0.2, 0.25) is 6.39 Å². The maximum atomic E-state index is 11.3. The lowest BCUT2D eigenvalue weighted by molar-refractivity contribution is 0.100. The molecular weight excluding hydrogens is 256 g/mol. The second kappa shape index (κ2) is 4.72. The predicted octanol–water partition coefficient (Wildman–Crippen LogP) is 0.296. The van der Waals surface area contributed by atoms with Gasteiger partial charge in [0.15, 0.2) is 5.82 Å². The summed E-state index contributed by atoms with van der Waals surface area (Å²) in [6.07, 6.45) is 1.19. The van der Waals surface area contributed by atoms with Gasteiger partial charge in [-0.1, -0.05) is 5.16 Å². The fourth-order valence-corrected chi connectivity index (χ4v) is 2.24. The Labute approximate surface area is 105 Å². The normalized spacial score (nSPS) is 9.94. The lowest BCUT2D eigenvalue weighted by Gasteiger charge is -2.02. The lowest BCUT2D eigenvalue weighted by atomic mass is 10.2. The van der Waals surface area contributed by atoms with Crippen molar-refractivity contribution in [2.75, 3.05) is 11.1 Å². The molecule has 0 radical (unpaired) electrons. The fourth-order valence-electron chi connectivity index (χ4n) is 1.33. The molecule has 9 heteroatoms. The van der Waals surface area contributed by atoms with Gasteiger partial charge in [-0.2, -0.15) is 10.2 Å². The number of aromatic nitrogens is 2. The SMILES string of the molecule is N#Cc1sc(NCc2ncon2)c(C(N)=O)c1N. The quantitative estimate of drug-likeness (QED) is 0.719. The van der Waals surface area contributed by atoms with Crippen LogP contribution in [0.1, 0.15) is 21.1 Å². The Hall–Kier alpha value is -2.60. The van der Waals surface area contributed by atoms with Gasteiger partial charge in [0.25, 0.3) is 5.91 Å². The highest BCUT2D eigenvalue weighted by atomic mass is 32.1. The van der Waals surface area contributed by atoms with Crippen LogP contribution in [0, 0.1) is 11.3 Å². The number of carbonyl (C=O) groups is 1. The van der Waals surface area contributed by atoms with Crippen molar-refractivity contribution in [1.29, 1.82) is 5.26 Å². The summed E-state index contributed by atoms with van der Waals surface area (Å²) in [7, 11) is 0. The first kappa shape index (κ1) is 11.9. The zero-order valence-corrected chi connectivity index (χ0v) is 9.82. The van der Waals surface area contributed by atoms with Gasteiger partial charge in [-0.3, -0.25) is 4.79 Å². The summed E-state index contributed by atoms with van der Waals surface area (Å²) < 4.78 is 4.56. The summed E-state index contributed by atoms with van der Waals surface area (Å²) in [5, 5.41) is 15.8. The summed E-state index contributed by atoms with van der Waals surface area (Å²) in [6.45, 7) is 0.238. The van der Waals surface area contributed by atoms with Crippen LogP contribution < -0.4 is 16.8 Å². The van der Waals surface area contributed by atoms with Gasteiger partial charge in [-0.25, -0.2) is 0 Å². The summed E-state index contributed by atoms with van der Waals surface area (Å²) >= 11 is 1.05.